The molecule has 2 nitrogen and oxygen atoms in total. The molecule has 1 rings (SSSR count). The molecule has 0 aliphatic carbocycles. The molecule has 3 heteroatoms. The summed E-state index contributed by atoms with van der Waals surface area (Å²) in [6.45, 7) is 8.66. The molecule has 1 aromatic carbocycles. The molecular formula is C17H28FNO. The van der Waals surface area contributed by atoms with Gasteiger partial charge in [-0.25, -0.2) is 4.39 Å². The minimum Gasteiger partial charge on any atom is -0.494 e. The van der Waals surface area contributed by atoms with Crippen molar-refractivity contribution in [2.45, 2.75) is 40.0 Å². The second-order valence-corrected chi connectivity index (χ2v) is 5.88. The van der Waals surface area contributed by atoms with Crippen molar-refractivity contribution < 1.29 is 9.13 Å². The van der Waals surface area contributed by atoms with Crippen LogP contribution in [0.1, 0.15) is 39.2 Å². The number of methoxy groups -OCH3 is 1. The average Bonchev–Trinajstić information content (AvgIpc) is 2.38. The van der Waals surface area contributed by atoms with Gasteiger partial charge in [0.2, 0.25) is 0 Å². The van der Waals surface area contributed by atoms with Crippen LogP contribution in [0.15, 0.2) is 18.2 Å². The topological polar surface area (TPSA) is 21.3 Å². The van der Waals surface area contributed by atoms with Crippen molar-refractivity contribution in [1.82, 2.24) is 5.32 Å². The molecule has 0 aromatic heterocycles. The molecular weight excluding hydrogens is 253 g/mol. The van der Waals surface area contributed by atoms with Gasteiger partial charge in [-0.3, -0.25) is 0 Å². The van der Waals surface area contributed by atoms with Crippen molar-refractivity contribution in [2.24, 2.45) is 11.8 Å². The van der Waals surface area contributed by atoms with Gasteiger partial charge in [0, 0.05) is 0 Å². The van der Waals surface area contributed by atoms with E-state index in [1.807, 2.05) is 6.07 Å². The number of ether oxygens (including phenoxy) is 1. The zero-order chi connectivity index (χ0) is 15.0. The predicted molar refractivity (Wildman–Crippen MR) is 82.8 cm³/mol. The normalized spacial score (nSPS) is 12.7. The second-order valence-electron chi connectivity index (χ2n) is 5.88. The molecule has 0 saturated carbocycles. The number of hydrogen-bond acceptors (Lipinski definition) is 2. The molecule has 1 atom stereocenters. The molecule has 0 amide bonds. The zero-order valence-corrected chi connectivity index (χ0v) is 13.2. The third kappa shape index (κ3) is 5.91. The molecule has 20 heavy (non-hydrogen) atoms. The lowest BCUT2D eigenvalue weighted by Gasteiger charge is -2.18. The van der Waals surface area contributed by atoms with Crippen molar-refractivity contribution in [3.05, 3.63) is 29.6 Å². The van der Waals surface area contributed by atoms with Gasteiger partial charge in [0.1, 0.15) is 0 Å². The summed E-state index contributed by atoms with van der Waals surface area (Å²) in [5, 5.41) is 3.51. The first kappa shape index (κ1) is 17.0. The third-order valence-corrected chi connectivity index (χ3v) is 3.42. The summed E-state index contributed by atoms with van der Waals surface area (Å²) in [6.07, 6.45) is 3.24. The summed E-state index contributed by atoms with van der Waals surface area (Å²) in [6, 6.07) is 5.28. The monoisotopic (exact) mass is 281 g/mol. The van der Waals surface area contributed by atoms with Gasteiger partial charge < -0.3 is 10.1 Å². The maximum Gasteiger partial charge on any atom is 0.165 e. The molecule has 0 aliphatic rings. The molecule has 0 aliphatic heterocycles. The van der Waals surface area contributed by atoms with E-state index in [0.717, 1.165) is 31.5 Å². The predicted octanol–water partition coefficient (Wildman–Crippen LogP) is 4.04. The Hall–Kier alpha value is -1.09. The Balaban J connectivity index is 2.58. The molecule has 114 valence electrons. The van der Waals surface area contributed by atoms with Crippen molar-refractivity contribution in [1.29, 1.82) is 0 Å². The summed E-state index contributed by atoms with van der Waals surface area (Å²) < 4.78 is 18.7. The average molecular weight is 281 g/mol. The van der Waals surface area contributed by atoms with E-state index >= 15 is 0 Å². The van der Waals surface area contributed by atoms with Gasteiger partial charge >= 0.3 is 0 Å². The fraction of sp³-hybridized carbons (Fsp3) is 0.647. The Bertz CT molecular complexity index is 393. The molecule has 1 N–H and O–H groups in total. The number of hydrogen-bond donors (Lipinski definition) is 1. The van der Waals surface area contributed by atoms with Gasteiger partial charge in [-0.1, -0.05) is 33.3 Å². The summed E-state index contributed by atoms with van der Waals surface area (Å²) in [4.78, 5) is 0. The second kappa shape index (κ2) is 8.96. The Labute approximate surface area is 122 Å². The molecule has 0 saturated heterocycles. The Morgan fingerprint density at radius 3 is 2.55 bits per heavy atom. The quantitative estimate of drug-likeness (QED) is 0.737. The lowest BCUT2D eigenvalue weighted by molar-refractivity contribution is 0.384. The highest BCUT2D eigenvalue weighted by Crippen LogP contribution is 2.21. The summed E-state index contributed by atoms with van der Waals surface area (Å²) in [7, 11) is 1.49. The first-order valence-corrected chi connectivity index (χ1v) is 7.59. The van der Waals surface area contributed by atoms with E-state index in [1.54, 1.807) is 12.1 Å². The minimum absolute atomic E-state index is 0.268. The lowest BCUT2D eigenvalue weighted by atomic mass is 9.94. The fourth-order valence-corrected chi connectivity index (χ4v) is 2.43. The highest BCUT2D eigenvalue weighted by molar-refractivity contribution is 5.29. The molecule has 0 spiro atoms. The Morgan fingerprint density at radius 2 is 2.00 bits per heavy atom. The van der Waals surface area contributed by atoms with Crippen molar-refractivity contribution in [2.75, 3.05) is 20.2 Å². The van der Waals surface area contributed by atoms with Crippen LogP contribution in [0.3, 0.4) is 0 Å². The zero-order valence-electron chi connectivity index (χ0n) is 13.2. The van der Waals surface area contributed by atoms with Crippen LogP contribution in [0.25, 0.3) is 0 Å². The van der Waals surface area contributed by atoms with Crippen molar-refractivity contribution in [3.63, 3.8) is 0 Å². The van der Waals surface area contributed by atoms with Crippen LogP contribution in [-0.2, 0) is 6.42 Å². The first-order chi connectivity index (χ1) is 9.56. The maximum absolute atomic E-state index is 13.7. The van der Waals surface area contributed by atoms with Crippen LogP contribution in [-0.4, -0.2) is 20.2 Å². The Morgan fingerprint density at radius 1 is 1.25 bits per heavy atom. The van der Waals surface area contributed by atoms with E-state index in [0.29, 0.717) is 17.6 Å². The van der Waals surface area contributed by atoms with Crippen molar-refractivity contribution >= 4 is 0 Å². The van der Waals surface area contributed by atoms with Crippen LogP contribution in [0.2, 0.25) is 0 Å². The van der Waals surface area contributed by atoms with E-state index in [9.17, 15) is 4.39 Å². The number of rotatable bonds is 9. The molecule has 0 heterocycles. The van der Waals surface area contributed by atoms with Gasteiger partial charge in [-0.2, -0.15) is 0 Å². The lowest BCUT2D eigenvalue weighted by Crippen LogP contribution is -2.27. The van der Waals surface area contributed by atoms with Gasteiger partial charge in [-0.05, 0) is 55.5 Å². The number of nitrogens with one attached hydrogen (secondary N) is 1. The van der Waals surface area contributed by atoms with E-state index in [2.05, 4.69) is 26.1 Å². The standard InChI is InChI=1S/C17H28FNO/c1-5-6-15(12-19-11-13(2)3)9-14-7-8-17(20-4)16(18)10-14/h7-8,10,13,15,19H,5-6,9,11-12H2,1-4H3. The van der Waals surface area contributed by atoms with Gasteiger partial charge in [0.15, 0.2) is 11.6 Å². The van der Waals surface area contributed by atoms with Crippen LogP contribution >= 0.6 is 0 Å². The first-order valence-electron chi connectivity index (χ1n) is 7.59. The molecule has 0 radical (unpaired) electrons. The number of benzene rings is 1. The van der Waals surface area contributed by atoms with E-state index in [1.165, 1.54) is 13.5 Å². The van der Waals surface area contributed by atoms with Crippen LogP contribution in [0, 0.1) is 17.7 Å². The van der Waals surface area contributed by atoms with Crippen LogP contribution in [0.4, 0.5) is 4.39 Å². The minimum atomic E-state index is -0.268. The largest absolute Gasteiger partial charge is 0.494 e. The van der Waals surface area contributed by atoms with E-state index in [4.69, 9.17) is 4.74 Å². The molecule has 1 aromatic rings. The summed E-state index contributed by atoms with van der Waals surface area (Å²) >= 11 is 0. The van der Waals surface area contributed by atoms with Gasteiger partial charge in [-0.15, -0.1) is 0 Å². The molecule has 1 unspecified atom stereocenters. The number of halogens is 1. The third-order valence-electron chi connectivity index (χ3n) is 3.42. The van der Waals surface area contributed by atoms with Gasteiger partial charge in [0.25, 0.3) is 0 Å². The summed E-state index contributed by atoms with van der Waals surface area (Å²) in [5.41, 5.74) is 1.05. The maximum atomic E-state index is 13.7. The highest BCUT2D eigenvalue weighted by Gasteiger charge is 2.11. The fourth-order valence-electron chi connectivity index (χ4n) is 2.43. The van der Waals surface area contributed by atoms with Crippen molar-refractivity contribution in [3.8, 4) is 5.75 Å². The van der Waals surface area contributed by atoms with Crippen LogP contribution in [0.5, 0.6) is 5.75 Å². The van der Waals surface area contributed by atoms with Gasteiger partial charge in [0.05, 0.1) is 7.11 Å². The summed E-state index contributed by atoms with van der Waals surface area (Å²) in [5.74, 6) is 1.27. The SMILES string of the molecule is CCCC(CNCC(C)C)Cc1ccc(OC)c(F)c1. The highest BCUT2D eigenvalue weighted by atomic mass is 19.1. The van der Waals surface area contributed by atoms with E-state index in [-0.39, 0.29) is 5.82 Å². The smallest absolute Gasteiger partial charge is 0.165 e. The molecule has 0 bridgehead atoms. The molecule has 0 fully saturated rings. The van der Waals surface area contributed by atoms with E-state index < -0.39 is 0 Å². The van der Waals surface area contributed by atoms with Crippen LogP contribution < -0.4 is 10.1 Å². The Kier molecular flexibility index (Phi) is 7.60.